The van der Waals surface area contributed by atoms with E-state index in [1.165, 1.54) is 0 Å². The lowest BCUT2D eigenvalue weighted by Crippen LogP contribution is -2.33. The van der Waals surface area contributed by atoms with Gasteiger partial charge in [0, 0.05) is 25.8 Å². The van der Waals surface area contributed by atoms with E-state index in [0.29, 0.717) is 24.7 Å². The van der Waals surface area contributed by atoms with E-state index >= 15 is 0 Å². The molecule has 0 aliphatic rings. The van der Waals surface area contributed by atoms with Crippen molar-refractivity contribution in [2.24, 2.45) is 5.73 Å². The number of aliphatic hydroxyl groups excluding tert-OH is 1. The number of likely N-dealkylation sites (N-methyl/N-ethyl adjacent to an activating group) is 1. The molecule has 21 heavy (non-hydrogen) atoms. The largest absolute Gasteiger partial charge is 0.494 e. The minimum absolute atomic E-state index is 0.354. The molecule has 0 heterocycles. The van der Waals surface area contributed by atoms with Crippen LogP contribution in [0.4, 0.5) is 0 Å². The average Bonchev–Trinajstić information content (AvgIpc) is 2.44. The molecule has 0 fully saturated rings. The van der Waals surface area contributed by atoms with Crippen LogP contribution in [-0.2, 0) is 4.74 Å². The van der Waals surface area contributed by atoms with Crippen LogP contribution in [0.15, 0.2) is 24.3 Å². The van der Waals surface area contributed by atoms with Crippen LogP contribution < -0.4 is 10.5 Å². The number of hydrogen-bond donors (Lipinski definition) is 2. The average molecular weight is 312 g/mol. The highest BCUT2D eigenvalue weighted by Crippen LogP contribution is 2.13. The summed E-state index contributed by atoms with van der Waals surface area (Å²) in [5.41, 5.74) is 6.39. The normalized spacial score (nSPS) is 12.4. The van der Waals surface area contributed by atoms with Crippen molar-refractivity contribution in [3.63, 3.8) is 0 Å². The molecule has 0 saturated heterocycles. The van der Waals surface area contributed by atoms with Crippen molar-refractivity contribution in [3.8, 4) is 5.75 Å². The van der Waals surface area contributed by atoms with Gasteiger partial charge in [0.2, 0.25) is 0 Å². The molecule has 1 atom stereocenters. The molecule has 118 valence electrons. The van der Waals surface area contributed by atoms with Crippen molar-refractivity contribution < 1.29 is 14.6 Å². The molecular formula is C15H24N2O3S. The van der Waals surface area contributed by atoms with Crippen LogP contribution >= 0.6 is 12.2 Å². The molecule has 1 unspecified atom stereocenters. The fourth-order valence-corrected chi connectivity index (χ4v) is 2.09. The smallest absolute Gasteiger partial charge is 0.119 e. The van der Waals surface area contributed by atoms with Crippen LogP contribution in [0.3, 0.4) is 0 Å². The zero-order valence-corrected chi connectivity index (χ0v) is 13.4. The van der Waals surface area contributed by atoms with Crippen molar-refractivity contribution in [1.82, 2.24) is 4.90 Å². The third-order valence-electron chi connectivity index (χ3n) is 2.95. The zero-order valence-electron chi connectivity index (χ0n) is 12.6. The van der Waals surface area contributed by atoms with Crippen LogP contribution in [-0.4, -0.2) is 61.6 Å². The number of methoxy groups -OCH3 is 1. The van der Waals surface area contributed by atoms with E-state index in [-0.39, 0.29) is 0 Å². The summed E-state index contributed by atoms with van der Waals surface area (Å²) in [6.45, 7) is 2.39. The number of rotatable bonds is 10. The van der Waals surface area contributed by atoms with E-state index in [0.717, 1.165) is 24.3 Å². The Hall–Kier alpha value is -1.21. The molecule has 1 aromatic rings. The second-order valence-electron chi connectivity index (χ2n) is 4.97. The highest BCUT2D eigenvalue weighted by molar-refractivity contribution is 7.80. The van der Waals surface area contributed by atoms with Gasteiger partial charge in [-0.1, -0.05) is 24.4 Å². The van der Waals surface area contributed by atoms with Gasteiger partial charge < -0.3 is 25.2 Å². The molecule has 0 aliphatic carbocycles. The maximum absolute atomic E-state index is 9.61. The van der Waals surface area contributed by atoms with Crippen molar-refractivity contribution >= 4 is 17.2 Å². The molecule has 0 saturated carbocycles. The highest BCUT2D eigenvalue weighted by atomic mass is 32.1. The third kappa shape index (κ3) is 7.38. The van der Waals surface area contributed by atoms with Crippen LogP contribution in [0, 0.1) is 0 Å². The summed E-state index contributed by atoms with van der Waals surface area (Å²) in [6.07, 6.45) is 0.413. The SMILES string of the molecule is COCC(O)CN(C)CCCOc1cccc(C(N)=S)c1. The van der Waals surface area contributed by atoms with Crippen molar-refractivity contribution in [3.05, 3.63) is 29.8 Å². The predicted octanol–water partition coefficient (Wildman–Crippen LogP) is 1.03. The first kappa shape index (κ1) is 17.8. The molecule has 0 amide bonds. The number of nitrogens with zero attached hydrogens (tertiary/aromatic N) is 1. The highest BCUT2D eigenvalue weighted by Gasteiger charge is 2.07. The van der Waals surface area contributed by atoms with Gasteiger partial charge in [-0.2, -0.15) is 0 Å². The predicted molar refractivity (Wildman–Crippen MR) is 87.8 cm³/mol. The maximum Gasteiger partial charge on any atom is 0.119 e. The molecule has 1 rings (SSSR count). The van der Waals surface area contributed by atoms with Gasteiger partial charge in [-0.25, -0.2) is 0 Å². The zero-order chi connectivity index (χ0) is 15.7. The summed E-state index contributed by atoms with van der Waals surface area (Å²) >= 11 is 4.93. The standard InChI is InChI=1S/C15H24N2O3S/c1-17(10-13(18)11-19-2)7-4-8-20-14-6-3-5-12(9-14)15(16)21/h3,5-6,9,13,18H,4,7-8,10-11H2,1-2H3,(H2,16,21). The van der Waals surface area contributed by atoms with E-state index in [1.807, 2.05) is 31.3 Å². The number of benzene rings is 1. The minimum Gasteiger partial charge on any atom is -0.494 e. The Balaban J connectivity index is 2.24. The van der Waals surface area contributed by atoms with Gasteiger partial charge in [-0.3, -0.25) is 0 Å². The summed E-state index contributed by atoms with van der Waals surface area (Å²) in [7, 11) is 3.55. The van der Waals surface area contributed by atoms with Crippen LogP contribution in [0.1, 0.15) is 12.0 Å². The fraction of sp³-hybridized carbons (Fsp3) is 0.533. The van der Waals surface area contributed by atoms with E-state index in [2.05, 4.69) is 4.90 Å². The first-order valence-corrected chi connectivity index (χ1v) is 7.32. The van der Waals surface area contributed by atoms with Crippen molar-refractivity contribution in [2.45, 2.75) is 12.5 Å². The lowest BCUT2D eigenvalue weighted by molar-refractivity contribution is 0.0424. The van der Waals surface area contributed by atoms with Gasteiger partial charge in [0.1, 0.15) is 10.7 Å². The molecule has 0 bridgehead atoms. The molecule has 0 radical (unpaired) electrons. The Kier molecular flexibility index (Phi) is 8.22. The monoisotopic (exact) mass is 312 g/mol. The van der Waals surface area contributed by atoms with E-state index < -0.39 is 6.10 Å². The fourth-order valence-electron chi connectivity index (χ4n) is 1.96. The second kappa shape index (κ2) is 9.68. The molecular weight excluding hydrogens is 288 g/mol. The molecule has 0 aliphatic heterocycles. The van der Waals surface area contributed by atoms with Crippen LogP contribution in [0.2, 0.25) is 0 Å². The van der Waals surface area contributed by atoms with Gasteiger partial charge in [0.15, 0.2) is 0 Å². The van der Waals surface area contributed by atoms with Gasteiger partial charge in [-0.05, 0) is 25.6 Å². The van der Waals surface area contributed by atoms with E-state index in [1.54, 1.807) is 7.11 Å². The Bertz CT molecular complexity index is 443. The topological polar surface area (TPSA) is 68.0 Å². The summed E-state index contributed by atoms with van der Waals surface area (Å²) in [5.74, 6) is 0.766. The quantitative estimate of drug-likeness (QED) is 0.497. The Morgan fingerprint density at radius 2 is 2.24 bits per heavy atom. The van der Waals surface area contributed by atoms with Gasteiger partial charge >= 0.3 is 0 Å². The van der Waals surface area contributed by atoms with Crippen molar-refractivity contribution in [1.29, 1.82) is 0 Å². The summed E-state index contributed by atoms with van der Waals surface area (Å²) in [5, 5.41) is 9.61. The van der Waals surface area contributed by atoms with Crippen LogP contribution in [0.25, 0.3) is 0 Å². The first-order valence-electron chi connectivity index (χ1n) is 6.91. The number of ether oxygens (including phenoxy) is 2. The summed E-state index contributed by atoms with van der Waals surface area (Å²) in [4.78, 5) is 2.42. The molecule has 1 aromatic carbocycles. The summed E-state index contributed by atoms with van der Waals surface area (Å²) in [6, 6.07) is 7.46. The van der Waals surface area contributed by atoms with Gasteiger partial charge in [0.25, 0.3) is 0 Å². The number of nitrogens with two attached hydrogens (primary N) is 1. The minimum atomic E-state index is -0.455. The molecule has 3 N–H and O–H groups in total. The van der Waals surface area contributed by atoms with E-state index in [9.17, 15) is 5.11 Å². The Morgan fingerprint density at radius 3 is 2.90 bits per heavy atom. The molecule has 0 aromatic heterocycles. The van der Waals surface area contributed by atoms with Crippen molar-refractivity contribution in [2.75, 3.05) is 40.5 Å². The summed E-state index contributed by atoms with van der Waals surface area (Å²) < 4.78 is 10.6. The molecule has 6 heteroatoms. The van der Waals surface area contributed by atoms with Gasteiger partial charge in [0.05, 0.1) is 19.3 Å². The molecule has 0 spiro atoms. The Labute approximate surface area is 131 Å². The van der Waals surface area contributed by atoms with E-state index in [4.69, 9.17) is 27.4 Å². The number of aliphatic hydroxyl groups is 1. The number of thiocarbonyl (C=S) groups is 1. The first-order chi connectivity index (χ1) is 10.0. The lowest BCUT2D eigenvalue weighted by Gasteiger charge is -2.20. The third-order valence-corrected chi connectivity index (χ3v) is 3.19. The maximum atomic E-state index is 9.61. The van der Waals surface area contributed by atoms with Crippen LogP contribution in [0.5, 0.6) is 5.75 Å². The molecule has 5 nitrogen and oxygen atoms in total. The Morgan fingerprint density at radius 1 is 1.48 bits per heavy atom. The lowest BCUT2D eigenvalue weighted by atomic mass is 10.2. The number of hydrogen-bond acceptors (Lipinski definition) is 5. The van der Waals surface area contributed by atoms with Gasteiger partial charge in [-0.15, -0.1) is 0 Å². The second-order valence-corrected chi connectivity index (χ2v) is 5.41.